The SMILES string of the molecule is COc1cc(C(=O)O)cc2nc(NC(CF)c3cccc(Cl)c3)oc12.[Re]. The Bertz CT molecular complexity index is 934. The van der Waals surface area contributed by atoms with Crippen LogP contribution in [0.4, 0.5) is 10.4 Å². The second-order valence-electron chi connectivity index (χ2n) is 5.26. The molecule has 0 saturated carbocycles. The first-order valence-corrected chi connectivity index (χ1v) is 7.69. The molecule has 0 amide bonds. The van der Waals surface area contributed by atoms with E-state index in [2.05, 4.69) is 10.3 Å². The molecule has 0 aliphatic carbocycles. The van der Waals surface area contributed by atoms with Crippen molar-refractivity contribution < 1.29 is 43.9 Å². The molecule has 137 valence electrons. The Kier molecular flexibility index (Phi) is 6.59. The Morgan fingerprint density at radius 1 is 1.42 bits per heavy atom. The molecular weight excluding hydrogens is 537 g/mol. The first-order chi connectivity index (χ1) is 12.0. The largest absolute Gasteiger partial charge is 0.493 e. The van der Waals surface area contributed by atoms with E-state index in [9.17, 15) is 9.18 Å². The average molecular weight is 551 g/mol. The average Bonchev–Trinajstić information content (AvgIpc) is 3.01. The van der Waals surface area contributed by atoms with Crippen molar-refractivity contribution in [3.8, 4) is 5.75 Å². The number of carboxylic acids is 1. The number of anilines is 1. The summed E-state index contributed by atoms with van der Waals surface area (Å²) in [5.41, 5.74) is 1.22. The summed E-state index contributed by atoms with van der Waals surface area (Å²) < 4.78 is 24.2. The van der Waals surface area contributed by atoms with Crippen LogP contribution in [0.15, 0.2) is 40.8 Å². The molecule has 3 rings (SSSR count). The third-order valence-electron chi connectivity index (χ3n) is 3.63. The first-order valence-electron chi connectivity index (χ1n) is 7.31. The second-order valence-corrected chi connectivity index (χ2v) is 5.69. The van der Waals surface area contributed by atoms with Crippen LogP contribution in [0.1, 0.15) is 22.0 Å². The summed E-state index contributed by atoms with van der Waals surface area (Å²) in [6.45, 7) is -0.712. The zero-order valence-electron chi connectivity index (χ0n) is 13.5. The predicted molar refractivity (Wildman–Crippen MR) is 91.3 cm³/mol. The number of hydrogen-bond acceptors (Lipinski definition) is 5. The number of carboxylic acid groups (broad SMARTS) is 1. The van der Waals surface area contributed by atoms with Gasteiger partial charge in [0.1, 0.15) is 12.2 Å². The van der Waals surface area contributed by atoms with Crippen LogP contribution < -0.4 is 10.1 Å². The van der Waals surface area contributed by atoms with E-state index in [1.165, 1.54) is 19.2 Å². The van der Waals surface area contributed by atoms with Gasteiger partial charge in [0.25, 0.3) is 6.01 Å². The van der Waals surface area contributed by atoms with Gasteiger partial charge in [0.05, 0.1) is 18.7 Å². The van der Waals surface area contributed by atoms with E-state index in [1.807, 2.05) is 0 Å². The molecule has 3 aromatic rings. The monoisotopic (exact) mass is 551 g/mol. The number of halogens is 2. The molecule has 1 radical (unpaired) electrons. The Morgan fingerprint density at radius 2 is 2.19 bits per heavy atom. The number of ether oxygens (including phenoxy) is 1. The minimum Gasteiger partial charge on any atom is -0.493 e. The van der Waals surface area contributed by atoms with Crippen molar-refractivity contribution in [3.63, 3.8) is 0 Å². The molecule has 0 spiro atoms. The van der Waals surface area contributed by atoms with Gasteiger partial charge in [-0.3, -0.25) is 0 Å². The zero-order chi connectivity index (χ0) is 18.0. The van der Waals surface area contributed by atoms with Gasteiger partial charge in [-0.1, -0.05) is 23.7 Å². The van der Waals surface area contributed by atoms with Crippen molar-refractivity contribution in [2.75, 3.05) is 19.1 Å². The van der Waals surface area contributed by atoms with Gasteiger partial charge in [0.2, 0.25) is 0 Å². The number of hydrogen-bond donors (Lipinski definition) is 2. The van der Waals surface area contributed by atoms with Crippen molar-refractivity contribution in [1.29, 1.82) is 0 Å². The minimum atomic E-state index is -1.11. The molecule has 1 aromatic heterocycles. The van der Waals surface area contributed by atoms with Crippen LogP contribution in [-0.2, 0) is 20.4 Å². The number of fused-ring (bicyclic) bond motifs is 1. The summed E-state index contributed by atoms with van der Waals surface area (Å²) in [6.07, 6.45) is 0. The van der Waals surface area contributed by atoms with Gasteiger partial charge in [-0.15, -0.1) is 0 Å². The molecule has 0 bridgehead atoms. The zero-order valence-corrected chi connectivity index (χ0v) is 17.0. The number of nitrogens with one attached hydrogen (secondary N) is 1. The number of carbonyl (C=O) groups is 1. The fourth-order valence-corrected chi connectivity index (χ4v) is 2.62. The van der Waals surface area contributed by atoms with E-state index < -0.39 is 18.7 Å². The molecule has 1 heterocycles. The van der Waals surface area contributed by atoms with Gasteiger partial charge in [-0.05, 0) is 29.8 Å². The third kappa shape index (κ3) is 4.15. The van der Waals surface area contributed by atoms with Crippen LogP contribution >= 0.6 is 11.6 Å². The molecule has 0 fully saturated rings. The van der Waals surface area contributed by atoms with E-state index in [-0.39, 0.29) is 43.3 Å². The summed E-state index contributed by atoms with van der Waals surface area (Å²) in [6, 6.07) is 8.82. The van der Waals surface area contributed by atoms with E-state index in [4.69, 9.17) is 25.9 Å². The van der Waals surface area contributed by atoms with E-state index in [0.29, 0.717) is 16.1 Å². The molecule has 0 aliphatic heterocycles. The maximum absolute atomic E-state index is 13.5. The van der Waals surface area contributed by atoms with Crippen molar-refractivity contribution in [2.24, 2.45) is 0 Å². The number of methoxy groups -OCH3 is 1. The second kappa shape index (κ2) is 8.50. The van der Waals surface area contributed by atoms with E-state index in [1.54, 1.807) is 24.3 Å². The maximum Gasteiger partial charge on any atom is 0.335 e. The fourth-order valence-electron chi connectivity index (χ4n) is 2.42. The summed E-state index contributed by atoms with van der Waals surface area (Å²) in [7, 11) is 1.40. The number of rotatable bonds is 6. The third-order valence-corrected chi connectivity index (χ3v) is 3.86. The molecular formula is C17H14ClFN2O4Re. The van der Waals surface area contributed by atoms with Crippen LogP contribution in [0, 0.1) is 0 Å². The predicted octanol–water partition coefficient (Wildman–Crippen LogP) is 4.31. The Hall–Kier alpha value is -2.14. The van der Waals surface area contributed by atoms with Gasteiger partial charge in [0, 0.05) is 25.4 Å². The maximum atomic E-state index is 13.5. The molecule has 26 heavy (non-hydrogen) atoms. The van der Waals surface area contributed by atoms with E-state index in [0.717, 1.165) is 0 Å². The van der Waals surface area contributed by atoms with Gasteiger partial charge >= 0.3 is 5.97 Å². The standard InChI is InChI=1S/C17H14ClFN2O4.Re/c1-24-14-7-10(16(22)23)6-12-15(14)25-17(20-12)21-13(8-19)9-3-2-4-11(18)5-9;/h2-7,13H,8H2,1H3,(H,20,21)(H,22,23);. The molecule has 1 unspecified atom stereocenters. The van der Waals surface area contributed by atoms with Crippen LogP contribution in [0.5, 0.6) is 5.75 Å². The van der Waals surface area contributed by atoms with Crippen LogP contribution in [0.25, 0.3) is 11.1 Å². The number of oxazole rings is 1. The number of aromatic nitrogens is 1. The molecule has 0 aliphatic rings. The summed E-state index contributed by atoms with van der Waals surface area (Å²) >= 11 is 5.94. The summed E-state index contributed by atoms with van der Waals surface area (Å²) in [5, 5.41) is 12.5. The Morgan fingerprint density at radius 3 is 2.81 bits per heavy atom. The van der Waals surface area contributed by atoms with Crippen molar-refractivity contribution in [2.45, 2.75) is 6.04 Å². The molecule has 1 atom stereocenters. The number of nitrogens with zero attached hydrogens (tertiary/aromatic N) is 1. The van der Waals surface area contributed by atoms with Crippen molar-refractivity contribution in [3.05, 3.63) is 52.5 Å². The topological polar surface area (TPSA) is 84.6 Å². The number of benzene rings is 2. The van der Waals surface area contributed by atoms with Gasteiger partial charge in [0.15, 0.2) is 11.3 Å². The van der Waals surface area contributed by atoms with Crippen LogP contribution in [0.3, 0.4) is 0 Å². The summed E-state index contributed by atoms with van der Waals surface area (Å²) in [5.74, 6) is -0.881. The Labute approximate surface area is 167 Å². The quantitative estimate of drug-likeness (QED) is 0.476. The van der Waals surface area contributed by atoms with Crippen molar-refractivity contribution >= 4 is 34.7 Å². The number of aromatic carboxylic acids is 1. The molecule has 2 N–H and O–H groups in total. The van der Waals surface area contributed by atoms with Gasteiger partial charge in [-0.25, -0.2) is 9.18 Å². The minimum absolute atomic E-state index is 0. The van der Waals surface area contributed by atoms with Gasteiger partial charge < -0.3 is 19.6 Å². The van der Waals surface area contributed by atoms with Gasteiger partial charge in [-0.2, -0.15) is 4.98 Å². The summed E-state index contributed by atoms with van der Waals surface area (Å²) in [4.78, 5) is 15.3. The number of alkyl halides is 1. The van der Waals surface area contributed by atoms with Crippen LogP contribution in [-0.4, -0.2) is 29.8 Å². The fraction of sp³-hybridized carbons (Fsp3) is 0.176. The molecule has 6 nitrogen and oxygen atoms in total. The normalized spacial score (nSPS) is 11.7. The molecule has 0 saturated heterocycles. The molecule has 2 aromatic carbocycles. The Balaban J connectivity index is 0.00000243. The first kappa shape index (κ1) is 20.2. The van der Waals surface area contributed by atoms with Crippen LogP contribution in [0.2, 0.25) is 5.02 Å². The molecule has 9 heteroatoms. The van der Waals surface area contributed by atoms with E-state index >= 15 is 0 Å². The van der Waals surface area contributed by atoms with Crippen molar-refractivity contribution in [1.82, 2.24) is 4.98 Å². The smallest absolute Gasteiger partial charge is 0.335 e.